The van der Waals surface area contributed by atoms with Crippen molar-refractivity contribution < 1.29 is 9.59 Å². The number of aryl methyl sites for hydroxylation is 1. The number of rotatable bonds is 6. The van der Waals surface area contributed by atoms with Gasteiger partial charge in [-0.2, -0.15) is 5.10 Å². The molecule has 8 heteroatoms. The molecule has 29 heavy (non-hydrogen) atoms. The molecule has 0 aliphatic heterocycles. The smallest absolute Gasteiger partial charge is 0.251 e. The molecule has 0 atom stereocenters. The zero-order valence-corrected chi connectivity index (χ0v) is 17.1. The predicted octanol–water partition coefficient (Wildman–Crippen LogP) is 1.67. The molecule has 0 spiro atoms. The molecule has 1 heterocycles. The van der Waals surface area contributed by atoms with Crippen LogP contribution in [0.4, 0.5) is 0 Å². The van der Waals surface area contributed by atoms with Gasteiger partial charge in [-0.1, -0.05) is 13.8 Å². The van der Waals surface area contributed by atoms with E-state index in [1.807, 2.05) is 23.7 Å². The zero-order valence-electron chi connectivity index (χ0n) is 17.1. The van der Waals surface area contributed by atoms with Gasteiger partial charge >= 0.3 is 0 Å². The Bertz CT molecular complexity index is 943. The van der Waals surface area contributed by atoms with Gasteiger partial charge < -0.3 is 16.1 Å². The number of fused-ring (bicyclic) bond motifs is 1. The van der Waals surface area contributed by atoms with E-state index in [0.29, 0.717) is 25.1 Å². The van der Waals surface area contributed by atoms with Crippen molar-refractivity contribution in [1.82, 2.24) is 20.1 Å². The lowest BCUT2D eigenvalue weighted by Crippen LogP contribution is -2.35. The Kier molecular flexibility index (Phi) is 5.74. The second-order valence-electron chi connectivity index (χ2n) is 8.14. The number of ketones is 1. The molecule has 5 N–H and O–H groups in total. The van der Waals surface area contributed by atoms with Crippen LogP contribution in [0.1, 0.15) is 52.4 Å². The second kappa shape index (κ2) is 8.08. The Morgan fingerprint density at radius 3 is 2.66 bits per heavy atom. The Hall–Kier alpha value is -3.13. The largest absolute Gasteiger partial charge is 0.403 e. The standard InChI is InChI=1S/C21H28N6O2/c1-14-19-17(12-21(2,3)13-18(19)28)27(25-14)16-6-4-15(5-7-16)20(29)24-9-11-26(23)10-8-22/h4-8,10H,9,11-13,22-23H2,1-3H3,(H,24,29)/b10-8-. The van der Waals surface area contributed by atoms with Crippen LogP contribution < -0.4 is 16.9 Å². The number of nitrogens with two attached hydrogens (primary N) is 2. The first-order valence-electron chi connectivity index (χ1n) is 9.62. The van der Waals surface area contributed by atoms with Crippen LogP contribution in [0, 0.1) is 12.3 Å². The number of nitrogens with zero attached hydrogens (tertiary/aromatic N) is 3. The molecule has 0 saturated carbocycles. The normalized spacial score (nSPS) is 15.4. The molecular formula is C21H28N6O2. The number of aromatic nitrogens is 2. The van der Waals surface area contributed by atoms with E-state index < -0.39 is 0 Å². The average molecular weight is 396 g/mol. The van der Waals surface area contributed by atoms with Crippen molar-refractivity contribution in [3.05, 3.63) is 59.2 Å². The summed E-state index contributed by atoms with van der Waals surface area (Å²) in [6, 6.07) is 7.20. The third-order valence-corrected chi connectivity index (χ3v) is 5.03. The fraction of sp³-hybridized carbons (Fsp3) is 0.381. The molecule has 2 aromatic rings. The fourth-order valence-corrected chi connectivity index (χ4v) is 3.69. The number of nitrogens with one attached hydrogen (secondary N) is 1. The van der Waals surface area contributed by atoms with Crippen molar-refractivity contribution in [3.63, 3.8) is 0 Å². The number of carbonyl (C=O) groups excluding carboxylic acids is 2. The lowest BCUT2D eigenvalue weighted by molar-refractivity contribution is 0.0908. The summed E-state index contributed by atoms with van der Waals surface area (Å²) in [5.41, 5.74) is 8.98. The van der Waals surface area contributed by atoms with E-state index in [-0.39, 0.29) is 17.1 Å². The van der Waals surface area contributed by atoms with E-state index in [0.717, 1.165) is 29.1 Å². The van der Waals surface area contributed by atoms with Gasteiger partial charge in [-0.3, -0.25) is 9.59 Å². The highest BCUT2D eigenvalue weighted by molar-refractivity contribution is 6.00. The molecule has 1 aromatic heterocycles. The molecule has 1 aliphatic carbocycles. The van der Waals surface area contributed by atoms with E-state index in [1.165, 1.54) is 17.4 Å². The van der Waals surface area contributed by atoms with Crippen LogP contribution in [0.15, 0.2) is 36.7 Å². The molecule has 0 unspecified atom stereocenters. The average Bonchev–Trinajstić information content (AvgIpc) is 2.97. The summed E-state index contributed by atoms with van der Waals surface area (Å²) in [7, 11) is 0. The highest BCUT2D eigenvalue weighted by Gasteiger charge is 2.35. The molecular weight excluding hydrogens is 368 g/mol. The Labute approximate surface area is 170 Å². The topological polar surface area (TPSA) is 119 Å². The van der Waals surface area contributed by atoms with E-state index in [4.69, 9.17) is 11.6 Å². The first kappa shape index (κ1) is 20.6. The van der Waals surface area contributed by atoms with Gasteiger partial charge in [0.25, 0.3) is 5.91 Å². The van der Waals surface area contributed by atoms with Gasteiger partial charge in [-0.05, 0) is 43.0 Å². The van der Waals surface area contributed by atoms with Crippen molar-refractivity contribution in [2.75, 3.05) is 13.1 Å². The predicted molar refractivity (Wildman–Crippen MR) is 111 cm³/mol. The molecule has 3 rings (SSSR count). The van der Waals surface area contributed by atoms with Crippen molar-refractivity contribution in [2.45, 2.75) is 33.6 Å². The van der Waals surface area contributed by atoms with Gasteiger partial charge in [0.15, 0.2) is 5.78 Å². The maximum atomic E-state index is 12.6. The van der Waals surface area contributed by atoms with E-state index in [1.54, 1.807) is 12.1 Å². The first-order valence-corrected chi connectivity index (χ1v) is 9.62. The minimum absolute atomic E-state index is 0.0932. The number of Topliss-reactive ketones (excluding diaryl/α,β-unsaturated/α-hetero) is 1. The SMILES string of the molecule is Cc1nn(-c2ccc(C(=O)NCCN(N)/C=C\N)cc2)c2c1C(=O)CC(C)(C)C2. The van der Waals surface area contributed by atoms with Crippen LogP contribution in [0.25, 0.3) is 5.69 Å². The van der Waals surface area contributed by atoms with Crippen LogP contribution in [0.2, 0.25) is 0 Å². The van der Waals surface area contributed by atoms with Gasteiger partial charge in [0, 0.05) is 30.9 Å². The molecule has 0 radical (unpaired) electrons. The van der Waals surface area contributed by atoms with Crippen LogP contribution >= 0.6 is 0 Å². The van der Waals surface area contributed by atoms with E-state index in [2.05, 4.69) is 24.3 Å². The quantitative estimate of drug-likeness (QED) is 0.505. The first-order chi connectivity index (χ1) is 13.7. The number of benzene rings is 1. The molecule has 0 saturated heterocycles. The van der Waals surface area contributed by atoms with E-state index >= 15 is 0 Å². The van der Waals surface area contributed by atoms with Gasteiger partial charge in [0.05, 0.1) is 29.2 Å². The summed E-state index contributed by atoms with van der Waals surface area (Å²) in [4.78, 5) is 24.9. The van der Waals surface area contributed by atoms with E-state index in [9.17, 15) is 9.59 Å². The Morgan fingerprint density at radius 1 is 1.31 bits per heavy atom. The van der Waals surface area contributed by atoms with Crippen molar-refractivity contribution in [2.24, 2.45) is 17.0 Å². The lowest BCUT2D eigenvalue weighted by atomic mass is 9.75. The van der Waals surface area contributed by atoms with Crippen LogP contribution in [-0.4, -0.2) is 39.6 Å². The zero-order chi connectivity index (χ0) is 21.2. The molecule has 154 valence electrons. The Balaban J connectivity index is 1.75. The summed E-state index contributed by atoms with van der Waals surface area (Å²) in [5, 5.41) is 8.81. The van der Waals surface area contributed by atoms with Crippen molar-refractivity contribution in [1.29, 1.82) is 0 Å². The maximum absolute atomic E-state index is 12.6. The van der Waals surface area contributed by atoms with Crippen LogP contribution in [0.3, 0.4) is 0 Å². The number of hydrogen-bond donors (Lipinski definition) is 3. The highest BCUT2D eigenvalue weighted by Crippen LogP contribution is 2.36. The lowest BCUT2D eigenvalue weighted by Gasteiger charge is -2.29. The molecule has 8 nitrogen and oxygen atoms in total. The van der Waals surface area contributed by atoms with Gasteiger partial charge in [0.1, 0.15) is 0 Å². The minimum atomic E-state index is -0.184. The molecule has 1 aromatic carbocycles. The summed E-state index contributed by atoms with van der Waals surface area (Å²) in [6.07, 6.45) is 4.18. The monoisotopic (exact) mass is 396 g/mol. The molecule has 0 bridgehead atoms. The van der Waals surface area contributed by atoms with Crippen LogP contribution in [0.5, 0.6) is 0 Å². The summed E-state index contributed by atoms with van der Waals surface area (Å²) < 4.78 is 1.83. The van der Waals surface area contributed by atoms with Crippen molar-refractivity contribution >= 4 is 11.7 Å². The number of amides is 1. The van der Waals surface area contributed by atoms with Crippen LogP contribution in [-0.2, 0) is 6.42 Å². The maximum Gasteiger partial charge on any atom is 0.251 e. The summed E-state index contributed by atoms with van der Waals surface area (Å²) >= 11 is 0. The minimum Gasteiger partial charge on any atom is -0.403 e. The molecule has 1 aliphatic rings. The summed E-state index contributed by atoms with van der Waals surface area (Å²) in [5.74, 6) is 5.63. The fourth-order valence-electron chi connectivity index (χ4n) is 3.69. The molecule has 0 fully saturated rings. The third-order valence-electron chi connectivity index (χ3n) is 5.03. The summed E-state index contributed by atoms with van der Waals surface area (Å²) in [6.45, 7) is 6.90. The number of carbonyl (C=O) groups is 2. The van der Waals surface area contributed by atoms with Gasteiger partial charge in [0.2, 0.25) is 0 Å². The van der Waals surface area contributed by atoms with Gasteiger partial charge in [-0.25, -0.2) is 10.5 Å². The highest BCUT2D eigenvalue weighted by atomic mass is 16.1. The number of hydrazine groups is 1. The molecule has 1 amide bonds. The third kappa shape index (κ3) is 4.48. The van der Waals surface area contributed by atoms with Gasteiger partial charge in [-0.15, -0.1) is 0 Å². The second-order valence-corrected chi connectivity index (χ2v) is 8.14. The Morgan fingerprint density at radius 2 is 2.00 bits per heavy atom. The van der Waals surface area contributed by atoms with Crippen molar-refractivity contribution in [3.8, 4) is 5.69 Å². The number of hydrogen-bond acceptors (Lipinski definition) is 6.